The monoisotopic (exact) mass is 240 g/mol. The fraction of sp³-hybridized carbons (Fsp3) is 0. The molecule has 2 aromatic rings. The molecule has 13 heavy (non-hydrogen) atoms. The van der Waals surface area contributed by atoms with Gasteiger partial charge in [0.25, 0.3) is 0 Å². The summed E-state index contributed by atoms with van der Waals surface area (Å²) in [7, 11) is 0. The van der Waals surface area contributed by atoms with Crippen LogP contribution in [0, 0.1) is 5.82 Å². The van der Waals surface area contributed by atoms with Crippen LogP contribution in [0.25, 0.3) is 10.8 Å². The van der Waals surface area contributed by atoms with E-state index in [4.69, 9.17) is 0 Å². The molecule has 66 valence electrons. The van der Waals surface area contributed by atoms with Gasteiger partial charge in [-0.25, -0.2) is 4.39 Å². The maximum Gasteiger partial charge on any atom is 0.166 e. The summed E-state index contributed by atoms with van der Waals surface area (Å²) in [6.45, 7) is 0. The first kappa shape index (κ1) is 8.51. The van der Waals surface area contributed by atoms with Crippen LogP contribution >= 0.6 is 15.9 Å². The lowest BCUT2D eigenvalue weighted by Crippen LogP contribution is -1.81. The van der Waals surface area contributed by atoms with E-state index in [2.05, 4.69) is 15.9 Å². The van der Waals surface area contributed by atoms with E-state index in [1.807, 2.05) is 18.2 Å². The van der Waals surface area contributed by atoms with E-state index in [0.717, 1.165) is 10.8 Å². The highest BCUT2D eigenvalue weighted by molar-refractivity contribution is 9.10. The Bertz CT molecular complexity index is 468. The first-order valence-electron chi connectivity index (χ1n) is 3.76. The van der Waals surface area contributed by atoms with Crippen LogP contribution in [0.2, 0.25) is 0 Å². The second kappa shape index (κ2) is 3.00. The van der Waals surface area contributed by atoms with Crippen molar-refractivity contribution < 1.29 is 9.50 Å². The fourth-order valence-corrected chi connectivity index (χ4v) is 1.81. The lowest BCUT2D eigenvalue weighted by atomic mass is 10.1. The van der Waals surface area contributed by atoms with Gasteiger partial charge in [-0.3, -0.25) is 0 Å². The maximum absolute atomic E-state index is 13.0. The average molecular weight is 241 g/mol. The Morgan fingerprint density at radius 2 is 1.92 bits per heavy atom. The molecule has 2 rings (SSSR count). The zero-order valence-electron chi connectivity index (χ0n) is 6.59. The van der Waals surface area contributed by atoms with Gasteiger partial charge in [0.1, 0.15) is 0 Å². The van der Waals surface area contributed by atoms with Gasteiger partial charge in [0, 0.05) is 0 Å². The van der Waals surface area contributed by atoms with E-state index in [1.165, 1.54) is 6.07 Å². The van der Waals surface area contributed by atoms with Crippen molar-refractivity contribution in [3.63, 3.8) is 0 Å². The number of phenols is 1. The van der Waals surface area contributed by atoms with E-state index < -0.39 is 5.82 Å². The highest BCUT2D eigenvalue weighted by Crippen LogP contribution is 2.34. The molecule has 0 aliphatic rings. The molecule has 0 heterocycles. The van der Waals surface area contributed by atoms with Gasteiger partial charge >= 0.3 is 0 Å². The third-order valence-electron chi connectivity index (χ3n) is 1.91. The Kier molecular flexibility index (Phi) is 1.96. The molecular formula is C10H6BrFO. The summed E-state index contributed by atoms with van der Waals surface area (Å²) in [4.78, 5) is 0. The minimum Gasteiger partial charge on any atom is -0.504 e. The van der Waals surface area contributed by atoms with Crippen molar-refractivity contribution in [1.29, 1.82) is 0 Å². The summed E-state index contributed by atoms with van der Waals surface area (Å²) in [6, 6.07) is 8.59. The predicted octanol–water partition coefficient (Wildman–Crippen LogP) is 3.45. The van der Waals surface area contributed by atoms with Crippen LogP contribution in [-0.4, -0.2) is 5.11 Å². The molecule has 0 aromatic heterocycles. The fourth-order valence-electron chi connectivity index (χ4n) is 1.26. The molecule has 1 nitrogen and oxygen atoms in total. The van der Waals surface area contributed by atoms with Gasteiger partial charge in [0.15, 0.2) is 11.6 Å². The van der Waals surface area contributed by atoms with Crippen molar-refractivity contribution in [1.82, 2.24) is 0 Å². The summed E-state index contributed by atoms with van der Waals surface area (Å²) in [5.74, 6) is -0.940. The minimum atomic E-state index is -0.606. The number of hydrogen-bond donors (Lipinski definition) is 1. The molecule has 0 atom stereocenters. The molecule has 3 heteroatoms. The zero-order valence-corrected chi connectivity index (χ0v) is 8.18. The number of phenolic OH excluding ortho intramolecular Hbond substituents is 1. The molecule has 0 saturated heterocycles. The first-order valence-corrected chi connectivity index (χ1v) is 4.55. The molecule has 0 unspecified atom stereocenters. The summed E-state index contributed by atoms with van der Waals surface area (Å²) in [5, 5.41) is 10.9. The molecule has 2 aromatic carbocycles. The van der Waals surface area contributed by atoms with Crippen molar-refractivity contribution in [2.45, 2.75) is 0 Å². The van der Waals surface area contributed by atoms with E-state index >= 15 is 0 Å². The lowest BCUT2D eigenvalue weighted by molar-refractivity contribution is 0.430. The molecule has 0 bridgehead atoms. The standard InChI is InChI=1S/C10H6BrFO/c11-9-7-4-2-1-3-6(7)5-8(12)10(9)13/h1-5,13H. The van der Waals surface area contributed by atoms with Crippen molar-refractivity contribution in [2.24, 2.45) is 0 Å². The van der Waals surface area contributed by atoms with Crippen LogP contribution in [-0.2, 0) is 0 Å². The van der Waals surface area contributed by atoms with Crippen molar-refractivity contribution in [2.75, 3.05) is 0 Å². The number of fused-ring (bicyclic) bond motifs is 1. The molecule has 0 saturated carbocycles. The van der Waals surface area contributed by atoms with Gasteiger partial charge < -0.3 is 5.11 Å². The van der Waals surface area contributed by atoms with Crippen LogP contribution in [0.15, 0.2) is 34.8 Å². The Balaban J connectivity index is 2.94. The second-order valence-corrected chi connectivity index (χ2v) is 3.54. The van der Waals surface area contributed by atoms with Crippen LogP contribution in [0.5, 0.6) is 5.75 Å². The van der Waals surface area contributed by atoms with Gasteiger partial charge in [-0.15, -0.1) is 0 Å². The Morgan fingerprint density at radius 3 is 2.69 bits per heavy atom. The number of aromatic hydroxyl groups is 1. The third kappa shape index (κ3) is 1.29. The molecule has 0 radical (unpaired) electrons. The highest BCUT2D eigenvalue weighted by Gasteiger charge is 2.08. The van der Waals surface area contributed by atoms with Gasteiger partial charge in [0.2, 0.25) is 0 Å². The molecule has 0 amide bonds. The van der Waals surface area contributed by atoms with Crippen molar-refractivity contribution >= 4 is 26.7 Å². The predicted molar refractivity (Wildman–Crippen MR) is 53.3 cm³/mol. The highest BCUT2D eigenvalue weighted by atomic mass is 79.9. The Labute approximate surface area is 82.9 Å². The SMILES string of the molecule is Oc1c(F)cc2ccccc2c1Br. The second-order valence-electron chi connectivity index (χ2n) is 2.74. The van der Waals surface area contributed by atoms with Crippen LogP contribution in [0.1, 0.15) is 0 Å². The van der Waals surface area contributed by atoms with Crippen LogP contribution < -0.4 is 0 Å². The van der Waals surface area contributed by atoms with Crippen molar-refractivity contribution in [3.8, 4) is 5.75 Å². The zero-order chi connectivity index (χ0) is 9.42. The third-order valence-corrected chi connectivity index (χ3v) is 2.72. The molecule has 0 aliphatic carbocycles. The van der Waals surface area contributed by atoms with Gasteiger partial charge in [-0.05, 0) is 32.8 Å². The summed E-state index contributed by atoms with van der Waals surface area (Å²) in [6.07, 6.45) is 0. The Hall–Kier alpha value is -1.09. The average Bonchev–Trinajstić information content (AvgIpc) is 2.15. The molecular weight excluding hydrogens is 235 g/mol. The normalized spacial score (nSPS) is 10.6. The smallest absolute Gasteiger partial charge is 0.166 e. The minimum absolute atomic E-state index is 0.335. The van der Waals surface area contributed by atoms with Crippen molar-refractivity contribution in [3.05, 3.63) is 40.6 Å². The number of rotatable bonds is 0. The summed E-state index contributed by atoms with van der Waals surface area (Å²) >= 11 is 3.14. The van der Waals surface area contributed by atoms with Gasteiger partial charge in [-0.2, -0.15) is 0 Å². The summed E-state index contributed by atoms with van der Waals surface area (Å²) in [5.41, 5.74) is 0. The quantitative estimate of drug-likeness (QED) is 0.748. The van der Waals surface area contributed by atoms with E-state index in [-0.39, 0.29) is 5.75 Å². The Morgan fingerprint density at radius 1 is 1.23 bits per heavy atom. The van der Waals surface area contributed by atoms with Crippen LogP contribution in [0.4, 0.5) is 4.39 Å². The molecule has 0 fully saturated rings. The van der Waals surface area contributed by atoms with Gasteiger partial charge in [0.05, 0.1) is 4.47 Å². The summed E-state index contributed by atoms with van der Waals surface area (Å²) < 4.78 is 13.4. The molecule has 0 aliphatic heterocycles. The molecule has 1 N–H and O–H groups in total. The largest absolute Gasteiger partial charge is 0.504 e. The van der Waals surface area contributed by atoms with E-state index in [9.17, 15) is 9.50 Å². The topological polar surface area (TPSA) is 20.2 Å². The molecule has 0 spiro atoms. The van der Waals surface area contributed by atoms with Gasteiger partial charge in [-0.1, -0.05) is 24.3 Å². The van der Waals surface area contributed by atoms with E-state index in [0.29, 0.717) is 4.47 Å². The maximum atomic E-state index is 13.0. The number of halogens is 2. The lowest BCUT2D eigenvalue weighted by Gasteiger charge is -2.03. The van der Waals surface area contributed by atoms with E-state index in [1.54, 1.807) is 6.07 Å². The number of benzene rings is 2. The number of hydrogen-bond acceptors (Lipinski definition) is 1. The first-order chi connectivity index (χ1) is 6.20. The van der Waals surface area contributed by atoms with Crippen LogP contribution in [0.3, 0.4) is 0 Å².